The Morgan fingerprint density at radius 1 is 0.115 bits per heavy atom. The standard InChI is InChI=1S/C126H66N4/c1-6-27-82-77(22-1)85-47-43-70(64-106(85)88-46-42-68(63-103(82)88)67-20-17-21-69(62-67)75-50-52-94-78-23-2-3-24-79(78)95-54-56-99-91-32-11-15-39-109(91)128-121(75)115(94)116(95)123(99)128)73-34-18-36-93-98-53-51-76(122-118(98)120-101(113(73)93)58-57-100-92-33-12-16-40-110(92)129(122)124(100)120)72-45-49-87-86-48-44-71(65-104(86)83-28-7-8-29-84(83)105(87)66-72)74-35-19-41-111-114(74)102-59-55-96-80-25-4-5-26-81(80)97-60-61-112(126-119(97)117(96)125(102)130(111)126)127-107-37-13-9-30-89(107)90-31-10-14-38-108(90)127/h1-66H. The van der Waals surface area contributed by atoms with Crippen LogP contribution >= 0.6 is 0 Å². The molecule has 0 saturated heterocycles. The minimum absolute atomic E-state index is 1.19. The van der Waals surface area contributed by atoms with Crippen LogP contribution in [0.1, 0.15) is 0 Å². The number of nitrogens with zero attached hydrogens (tertiary/aromatic N) is 4. The van der Waals surface area contributed by atoms with Crippen molar-refractivity contribution in [1.82, 2.24) is 17.8 Å². The van der Waals surface area contributed by atoms with Gasteiger partial charge in [0.05, 0.1) is 66.4 Å². The molecule has 26 aromatic carbocycles. The topological polar surface area (TPSA) is 18.2 Å². The fourth-order valence-electron chi connectivity index (χ4n) is 26.0. The van der Waals surface area contributed by atoms with Gasteiger partial charge in [0.25, 0.3) is 0 Å². The minimum atomic E-state index is 1.19. The van der Waals surface area contributed by atoms with Gasteiger partial charge in [-0.3, -0.25) is 0 Å². The summed E-state index contributed by atoms with van der Waals surface area (Å²) >= 11 is 0. The van der Waals surface area contributed by atoms with E-state index in [4.69, 9.17) is 0 Å². The number of para-hydroxylation sites is 4. The Morgan fingerprint density at radius 3 is 0.900 bits per heavy atom. The zero-order valence-electron chi connectivity index (χ0n) is 69.9. The van der Waals surface area contributed by atoms with Crippen molar-refractivity contribution >= 4 is 265 Å². The van der Waals surface area contributed by atoms with Gasteiger partial charge in [0.1, 0.15) is 0 Å². The molecule has 0 spiro atoms. The molecule has 0 aliphatic carbocycles. The fraction of sp³-hybridized carbons (Fsp3) is 0. The Morgan fingerprint density at radius 2 is 0.385 bits per heavy atom. The van der Waals surface area contributed by atoms with E-state index in [1.807, 2.05) is 0 Å². The number of hydrogen-bond donors (Lipinski definition) is 0. The van der Waals surface area contributed by atoms with E-state index in [0.717, 1.165) is 0 Å². The smallest absolute Gasteiger partial charge is 0.0789 e. The quantitative estimate of drug-likeness (QED) is 0.148. The zero-order chi connectivity index (χ0) is 83.6. The first kappa shape index (κ1) is 67.3. The summed E-state index contributed by atoms with van der Waals surface area (Å²) in [6.45, 7) is 0. The van der Waals surface area contributed by atoms with Crippen molar-refractivity contribution in [2.75, 3.05) is 0 Å². The number of hydrogen-bond acceptors (Lipinski definition) is 0. The second kappa shape index (κ2) is 23.7. The fourth-order valence-corrected chi connectivity index (χ4v) is 26.0. The molecule has 0 saturated carbocycles. The lowest BCUT2D eigenvalue weighted by atomic mass is 9.86. The van der Waals surface area contributed by atoms with Crippen LogP contribution in [0.2, 0.25) is 0 Å². The first-order chi connectivity index (χ1) is 64.6. The maximum absolute atomic E-state index is 2.64. The maximum atomic E-state index is 2.64. The van der Waals surface area contributed by atoms with E-state index < -0.39 is 0 Å². The molecule has 590 valence electrons. The molecule has 0 aliphatic heterocycles. The predicted molar refractivity (Wildman–Crippen MR) is 556 cm³/mol. The third-order valence-corrected chi connectivity index (χ3v) is 31.1. The van der Waals surface area contributed by atoms with Gasteiger partial charge in [-0.25, -0.2) is 0 Å². The van der Waals surface area contributed by atoms with E-state index in [-0.39, 0.29) is 0 Å². The van der Waals surface area contributed by atoms with Crippen molar-refractivity contribution in [2.45, 2.75) is 0 Å². The minimum Gasteiger partial charge on any atom is -0.307 e. The Kier molecular flexibility index (Phi) is 12.3. The Balaban J connectivity index is 0.536. The van der Waals surface area contributed by atoms with Gasteiger partial charge in [-0.1, -0.05) is 334 Å². The van der Waals surface area contributed by atoms with Gasteiger partial charge >= 0.3 is 0 Å². The first-order valence-corrected chi connectivity index (χ1v) is 45.5. The molecule has 0 amide bonds. The molecule has 0 unspecified atom stereocenters. The highest BCUT2D eigenvalue weighted by Crippen LogP contribution is 2.57. The second-order valence-electron chi connectivity index (χ2n) is 36.9. The van der Waals surface area contributed by atoms with E-state index in [1.54, 1.807) is 0 Å². The van der Waals surface area contributed by atoms with Gasteiger partial charge in [0.2, 0.25) is 0 Å². The molecule has 4 nitrogen and oxygen atoms in total. The van der Waals surface area contributed by atoms with E-state index >= 15 is 0 Å². The van der Waals surface area contributed by atoms with Crippen molar-refractivity contribution < 1.29 is 0 Å². The Bertz CT molecular complexity index is 10900. The molecule has 0 bridgehead atoms. The van der Waals surface area contributed by atoms with Crippen LogP contribution in [0, 0.1) is 0 Å². The van der Waals surface area contributed by atoms with E-state index in [1.165, 1.54) is 327 Å². The molecule has 0 radical (unpaired) electrons. The van der Waals surface area contributed by atoms with E-state index in [9.17, 15) is 0 Å². The van der Waals surface area contributed by atoms with Gasteiger partial charge in [-0.2, -0.15) is 0 Å². The summed E-state index contributed by atoms with van der Waals surface area (Å²) in [4.78, 5) is 0. The summed E-state index contributed by atoms with van der Waals surface area (Å²) in [6.07, 6.45) is 0. The molecule has 33 rings (SSSR count). The summed E-state index contributed by atoms with van der Waals surface area (Å²) in [5.41, 5.74) is 27.1. The molecule has 4 heteroatoms. The molecule has 130 heavy (non-hydrogen) atoms. The molecule has 0 atom stereocenters. The van der Waals surface area contributed by atoms with Crippen molar-refractivity contribution in [2.24, 2.45) is 0 Å². The highest BCUT2D eigenvalue weighted by atomic mass is 15.0. The van der Waals surface area contributed by atoms with Crippen LogP contribution in [-0.4, -0.2) is 17.8 Å². The highest BCUT2D eigenvalue weighted by Gasteiger charge is 2.33. The van der Waals surface area contributed by atoms with Crippen LogP contribution in [0.15, 0.2) is 400 Å². The normalized spacial score (nSPS) is 12.9. The van der Waals surface area contributed by atoms with Crippen LogP contribution < -0.4 is 0 Å². The molecule has 0 N–H and O–H groups in total. The SMILES string of the molecule is c1cc(-c2ccc3c(c2)c2ccccc2c2ccc(-c4cccc5c6ccc(-c7ccc8c9ccc(-c%10cccc%11c%10c%10ccc%12c%13ccccc%13c%13ccc(-n%14c%15ccccc%15c%15ccccc%15%14)c%14c%13c%12c%10n%11%14)cc9c9ccccc9c8c7)c7c6c6c(ccc8c9ccccc9n7c86)c45)cc23)cc(-c2ccc3c4ccccc4c4ccc5c6ccccc6n6c2c3c4c56)c1. The molecular weight excluding hydrogens is 1570 g/mol. The van der Waals surface area contributed by atoms with E-state index in [2.05, 4.69) is 418 Å². The van der Waals surface area contributed by atoms with E-state index in [0.29, 0.717) is 0 Å². The Labute approximate surface area is 739 Å². The van der Waals surface area contributed by atoms with Gasteiger partial charge < -0.3 is 17.8 Å². The van der Waals surface area contributed by atoms with Crippen molar-refractivity contribution in [3.8, 4) is 61.3 Å². The van der Waals surface area contributed by atoms with Gasteiger partial charge in [0, 0.05) is 86.5 Å². The second-order valence-corrected chi connectivity index (χ2v) is 36.9. The van der Waals surface area contributed by atoms with Gasteiger partial charge in [-0.15, -0.1) is 0 Å². The molecule has 0 fully saturated rings. The molecule has 7 heterocycles. The van der Waals surface area contributed by atoms with Gasteiger partial charge in [0.15, 0.2) is 0 Å². The summed E-state index contributed by atoms with van der Waals surface area (Å²) in [5, 5.41) is 48.7. The van der Waals surface area contributed by atoms with Gasteiger partial charge in [-0.05, 0) is 241 Å². The largest absolute Gasteiger partial charge is 0.307 e. The zero-order valence-corrected chi connectivity index (χ0v) is 69.9. The van der Waals surface area contributed by atoms with Crippen LogP contribution in [-0.2, 0) is 0 Å². The highest BCUT2D eigenvalue weighted by molar-refractivity contribution is 6.45. The predicted octanol–water partition coefficient (Wildman–Crippen LogP) is 34.7. The average Bonchev–Trinajstić information content (AvgIpc) is 1.50. The summed E-state index contributed by atoms with van der Waals surface area (Å²) in [5.74, 6) is 0. The molecular formula is C126H66N4. The monoisotopic (exact) mass is 1630 g/mol. The van der Waals surface area contributed by atoms with Crippen LogP contribution in [0.4, 0.5) is 0 Å². The molecule has 33 aromatic rings. The Hall–Kier alpha value is -17.2. The number of aromatic nitrogens is 4. The third kappa shape index (κ3) is 8.08. The lowest BCUT2D eigenvalue weighted by Gasteiger charge is -2.17. The summed E-state index contributed by atoms with van der Waals surface area (Å²) in [6, 6.07) is 154. The molecule has 7 aromatic heterocycles. The lowest BCUT2D eigenvalue weighted by Crippen LogP contribution is -1.97. The van der Waals surface area contributed by atoms with Crippen molar-refractivity contribution in [1.29, 1.82) is 0 Å². The number of rotatable bonds is 6. The van der Waals surface area contributed by atoms with Crippen molar-refractivity contribution in [3.05, 3.63) is 400 Å². The third-order valence-electron chi connectivity index (χ3n) is 31.1. The first-order valence-electron chi connectivity index (χ1n) is 45.5. The number of fused-ring (bicyclic) bond motifs is 36. The number of benzene rings is 26. The van der Waals surface area contributed by atoms with Crippen molar-refractivity contribution in [3.63, 3.8) is 0 Å². The summed E-state index contributed by atoms with van der Waals surface area (Å²) < 4.78 is 10.4. The average molecular weight is 1640 g/mol. The lowest BCUT2D eigenvalue weighted by molar-refractivity contribution is 1.18. The maximum Gasteiger partial charge on any atom is 0.0789 e. The molecule has 0 aliphatic rings. The van der Waals surface area contributed by atoms with Crippen LogP contribution in [0.25, 0.3) is 327 Å². The summed E-state index contributed by atoms with van der Waals surface area (Å²) in [7, 11) is 0. The van der Waals surface area contributed by atoms with Crippen LogP contribution in [0.3, 0.4) is 0 Å². The van der Waals surface area contributed by atoms with Crippen LogP contribution in [0.5, 0.6) is 0 Å².